The molecule has 0 unspecified atom stereocenters. The second-order valence-electron chi connectivity index (χ2n) is 4.08. The third kappa shape index (κ3) is 2.09. The second kappa shape index (κ2) is 3.77. The molecular weight excluding hydrogens is 200 g/mol. The van der Waals surface area contributed by atoms with Crippen LogP contribution < -0.4 is 5.73 Å². The Kier molecular flexibility index (Phi) is 2.61. The van der Waals surface area contributed by atoms with E-state index in [1.54, 1.807) is 0 Å². The molecule has 2 rings (SSSR count). The van der Waals surface area contributed by atoms with Gasteiger partial charge in [-0.2, -0.15) is 0 Å². The molecule has 1 aliphatic rings. The van der Waals surface area contributed by atoms with Gasteiger partial charge in [-0.25, -0.2) is 8.78 Å². The number of nitrogens with two attached hydrogens (primary N) is 1. The minimum atomic E-state index is -0.822. The summed E-state index contributed by atoms with van der Waals surface area (Å²) in [6, 6.07) is 1.28. The highest BCUT2D eigenvalue weighted by Gasteiger charge is 2.27. The zero-order chi connectivity index (χ0) is 11.0. The van der Waals surface area contributed by atoms with Crippen LogP contribution in [0.4, 0.5) is 8.78 Å². The van der Waals surface area contributed by atoms with Crippen molar-refractivity contribution < 1.29 is 13.9 Å². The Bertz CT molecular complexity index is 377. The van der Waals surface area contributed by atoms with Crippen LogP contribution >= 0.6 is 0 Å². The summed E-state index contributed by atoms with van der Waals surface area (Å²) in [5.41, 5.74) is 5.64. The van der Waals surface area contributed by atoms with Gasteiger partial charge in [-0.1, -0.05) is 12.8 Å². The van der Waals surface area contributed by atoms with Crippen LogP contribution in [0.25, 0.3) is 0 Å². The molecule has 1 saturated carbocycles. The Morgan fingerprint density at radius 2 is 1.93 bits per heavy atom. The molecule has 0 saturated heterocycles. The van der Waals surface area contributed by atoms with Crippen molar-refractivity contribution in [3.63, 3.8) is 0 Å². The highest BCUT2D eigenvalue weighted by Crippen LogP contribution is 2.39. The fourth-order valence-electron chi connectivity index (χ4n) is 1.74. The lowest BCUT2D eigenvalue weighted by Gasteiger charge is -2.14. The predicted octanol–water partition coefficient (Wildman–Crippen LogP) is 2.47. The normalized spacial score (nSPS) is 17.8. The van der Waals surface area contributed by atoms with Gasteiger partial charge in [-0.05, 0) is 24.5 Å². The molecule has 82 valence electrons. The summed E-state index contributed by atoms with van der Waals surface area (Å²) < 4.78 is 26.3. The fraction of sp³-hybridized carbons (Fsp3) is 0.455. The zero-order valence-electron chi connectivity index (χ0n) is 8.21. The molecular formula is C11H13F2NO. The van der Waals surface area contributed by atoms with Gasteiger partial charge >= 0.3 is 0 Å². The molecule has 15 heavy (non-hydrogen) atoms. The molecule has 1 atom stereocenters. The number of rotatable bonds is 3. The average molecular weight is 213 g/mol. The molecule has 1 aromatic carbocycles. The molecule has 0 aromatic heterocycles. The van der Waals surface area contributed by atoms with Gasteiger partial charge < -0.3 is 10.8 Å². The van der Waals surface area contributed by atoms with Crippen LogP contribution in [0.5, 0.6) is 5.75 Å². The summed E-state index contributed by atoms with van der Waals surface area (Å²) in [5.74, 6) is -1.61. The fourth-order valence-corrected chi connectivity index (χ4v) is 1.74. The van der Waals surface area contributed by atoms with E-state index in [2.05, 4.69) is 0 Å². The van der Waals surface area contributed by atoms with Crippen molar-refractivity contribution >= 4 is 0 Å². The van der Waals surface area contributed by atoms with Crippen molar-refractivity contribution in [2.24, 2.45) is 11.7 Å². The molecule has 0 radical (unpaired) electrons. The Balaban J connectivity index is 2.27. The van der Waals surface area contributed by atoms with Crippen molar-refractivity contribution in [1.82, 2.24) is 0 Å². The first-order chi connectivity index (χ1) is 7.09. The maximum absolute atomic E-state index is 13.3. The predicted molar refractivity (Wildman–Crippen MR) is 52.3 cm³/mol. The zero-order valence-corrected chi connectivity index (χ0v) is 8.21. The highest BCUT2D eigenvalue weighted by atomic mass is 19.1. The van der Waals surface area contributed by atoms with Crippen molar-refractivity contribution in [1.29, 1.82) is 0 Å². The van der Waals surface area contributed by atoms with E-state index in [9.17, 15) is 13.9 Å². The summed E-state index contributed by atoms with van der Waals surface area (Å²) >= 11 is 0. The summed E-state index contributed by atoms with van der Waals surface area (Å²) in [7, 11) is 0. The maximum Gasteiger partial charge on any atom is 0.165 e. The first kappa shape index (κ1) is 10.4. The van der Waals surface area contributed by atoms with Gasteiger partial charge in [0.2, 0.25) is 0 Å². The van der Waals surface area contributed by atoms with Gasteiger partial charge in [0.05, 0.1) is 0 Å². The second-order valence-corrected chi connectivity index (χ2v) is 4.08. The van der Waals surface area contributed by atoms with E-state index in [0.717, 1.165) is 25.0 Å². The van der Waals surface area contributed by atoms with E-state index in [4.69, 9.17) is 5.73 Å². The molecule has 0 heterocycles. The highest BCUT2D eigenvalue weighted by molar-refractivity contribution is 5.37. The lowest BCUT2D eigenvalue weighted by atomic mass is 10.0. The quantitative estimate of drug-likeness (QED) is 0.810. The average Bonchev–Trinajstić information content (AvgIpc) is 2.96. The number of halogens is 2. The Morgan fingerprint density at radius 1 is 1.33 bits per heavy atom. The summed E-state index contributed by atoms with van der Waals surface area (Å²) in [4.78, 5) is 0. The summed E-state index contributed by atoms with van der Waals surface area (Å²) in [6.45, 7) is 0. The van der Waals surface area contributed by atoms with E-state index in [0.29, 0.717) is 12.3 Å². The first-order valence-electron chi connectivity index (χ1n) is 5.02. The van der Waals surface area contributed by atoms with E-state index in [1.165, 1.54) is 0 Å². The molecule has 1 aliphatic carbocycles. The molecule has 1 aromatic rings. The number of hydrogen-bond donors (Lipinski definition) is 2. The molecule has 1 fully saturated rings. The van der Waals surface area contributed by atoms with Crippen LogP contribution in [0.15, 0.2) is 12.1 Å². The smallest absolute Gasteiger partial charge is 0.165 e. The van der Waals surface area contributed by atoms with E-state index in [1.807, 2.05) is 0 Å². The molecule has 3 N–H and O–H groups in total. The third-order valence-electron chi connectivity index (χ3n) is 2.77. The number of hydrogen-bond acceptors (Lipinski definition) is 2. The Morgan fingerprint density at radius 3 is 2.53 bits per heavy atom. The number of phenolic OH excluding ortho intramolecular Hbond substituents is 1. The molecule has 0 aliphatic heterocycles. The summed E-state index contributed by atoms with van der Waals surface area (Å²) in [6.07, 6.45) is 2.78. The minimum Gasteiger partial charge on any atom is -0.505 e. The van der Waals surface area contributed by atoms with Crippen molar-refractivity contribution in [3.8, 4) is 5.75 Å². The van der Waals surface area contributed by atoms with Gasteiger partial charge in [0.1, 0.15) is 5.82 Å². The van der Waals surface area contributed by atoms with E-state index < -0.39 is 23.4 Å². The SMILES string of the molecule is N[C@H](CC1CC1)c1c(F)ccc(F)c1O. The van der Waals surface area contributed by atoms with Crippen molar-refractivity contribution in [2.45, 2.75) is 25.3 Å². The molecule has 4 heteroatoms. The van der Waals surface area contributed by atoms with Crippen LogP contribution in [0.2, 0.25) is 0 Å². The molecule has 0 amide bonds. The Labute approximate surface area is 86.7 Å². The van der Waals surface area contributed by atoms with Gasteiger partial charge in [0.15, 0.2) is 11.6 Å². The van der Waals surface area contributed by atoms with Crippen LogP contribution in [-0.2, 0) is 0 Å². The van der Waals surface area contributed by atoms with Crippen LogP contribution in [0.1, 0.15) is 30.9 Å². The summed E-state index contributed by atoms with van der Waals surface area (Å²) in [5, 5.41) is 9.39. The number of benzene rings is 1. The number of phenols is 1. The topological polar surface area (TPSA) is 46.2 Å². The standard InChI is InChI=1S/C11H13F2NO/c12-7-3-4-8(13)11(15)10(7)9(14)5-6-1-2-6/h3-4,6,9,15H,1-2,5,14H2/t9-/m1/s1. The third-order valence-corrected chi connectivity index (χ3v) is 2.77. The van der Waals surface area contributed by atoms with E-state index >= 15 is 0 Å². The van der Waals surface area contributed by atoms with Gasteiger partial charge in [0, 0.05) is 11.6 Å². The van der Waals surface area contributed by atoms with Crippen LogP contribution in [-0.4, -0.2) is 5.11 Å². The Hall–Kier alpha value is -1.16. The van der Waals surface area contributed by atoms with Crippen molar-refractivity contribution in [2.75, 3.05) is 0 Å². The molecule has 0 bridgehead atoms. The lowest BCUT2D eigenvalue weighted by Crippen LogP contribution is -2.13. The first-order valence-corrected chi connectivity index (χ1v) is 5.02. The van der Waals surface area contributed by atoms with Gasteiger partial charge in [-0.3, -0.25) is 0 Å². The van der Waals surface area contributed by atoms with E-state index in [-0.39, 0.29) is 5.56 Å². The van der Waals surface area contributed by atoms with Gasteiger partial charge in [-0.15, -0.1) is 0 Å². The van der Waals surface area contributed by atoms with Crippen LogP contribution in [0, 0.1) is 17.6 Å². The van der Waals surface area contributed by atoms with Gasteiger partial charge in [0.25, 0.3) is 0 Å². The molecule has 0 spiro atoms. The minimum absolute atomic E-state index is 0.0955. The van der Waals surface area contributed by atoms with Crippen molar-refractivity contribution in [3.05, 3.63) is 29.3 Å². The monoisotopic (exact) mass is 213 g/mol. The maximum atomic E-state index is 13.3. The largest absolute Gasteiger partial charge is 0.505 e. The van der Waals surface area contributed by atoms with Crippen LogP contribution in [0.3, 0.4) is 0 Å². The molecule has 2 nitrogen and oxygen atoms in total. The lowest BCUT2D eigenvalue weighted by molar-refractivity contribution is 0.405. The number of aromatic hydroxyl groups is 1.